The Kier molecular flexibility index (Phi) is 3.19. The number of hydrogen-bond donors (Lipinski definition) is 1. The van der Waals surface area contributed by atoms with Gasteiger partial charge in [0, 0.05) is 25.3 Å². The zero-order chi connectivity index (χ0) is 14.2. The van der Waals surface area contributed by atoms with Crippen LogP contribution in [0.3, 0.4) is 0 Å². The van der Waals surface area contributed by atoms with Crippen molar-refractivity contribution >= 4 is 5.69 Å². The van der Waals surface area contributed by atoms with Gasteiger partial charge in [-0.1, -0.05) is 36.4 Å². The lowest BCUT2D eigenvalue weighted by molar-refractivity contribution is 0.0666. The van der Waals surface area contributed by atoms with E-state index in [0.29, 0.717) is 0 Å². The maximum Gasteiger partial charge on any atom is 0.0468 e. The lowest BCUT2D eigenvalue weighted by Crippen LogP contribution is -2.18. The molecule has 21 heavy (non-hydrogen) atoms. The van der Waals surface area contributed by atoms with Gasteiger partial charge >= 0.3 is 0 Å². The van der Waals surface area contributed by atoms with Crippen molar-refractivity contribution in [1.82, 2.24) is 0 Å². The highest BCUT2D eigenvalue weighted by Gasteiger charge is 2.23. The van der Waals surface area contributed by atoms with Gasteiger partial charge in [0.05, 0.1) is 0 Å². The van der Waals surface area contributed by atoms with Crippen molar-refractivity contribution in [2.24, 2.45) is 5.92 Å². The lowest BCUT2D eigenvalue weighted by Gasteiger charge is -2.23. The molecular formula is C19H21NO. The van der Waals surface area contributed by atoms with Gasteiger partial charge in [-0.25, -0.2) is 0 Å². The fourth-order valence-electron chi connectivity index (χ4n) is 3.72. The van der Waals surface area contributed by atoms with E-state index in [1.807, 2.05) is 0 Å². The molecule has 4 rings (SSSR count). The average Bonchev–Trinajstić information content (AvgIpc) is 2.91. The Bertz CT molecular complexity index is 671. The Morgan fingerprint density at radius 1 is 1.00 bits per heavy atom. The van der Waals surface area contributed by atoms with E-state index in [1.165, 1.54) is 27.8 Å². The van der Waals surface area contributed by atoms with Gasteiger partial charge in [0.1, 0.15) is 0 Å². The molecule has 108 valence electrons. The smallest absolute Gasteiger partial charge is 0.0468 e. The SMILES string of the molecule is Nc1c(CC2CCOCC2)ccc2c1Cc1ccccc1-2. The molecule has 1 saturated heterocycles. The van der Waals surface area contributed by atoms with Crippen LogP contribution >= 0.6 is 0 Å². The molecule has 0 amide bonds. The standard InChI is InChI=1S/C19H21NO/c20-19-15(11-13-7-9-21-10-8-13)5-6-17-16-4-2-1-3-14(16)12-18(17)19/h1-6,13H,7-12,20H2. The number of hydrogen-bond acceptors (Lipinski definition) is 2. The van der Waals surface area contributed by atoms with Crippen molar-refractivity contribution in [2.45, 2.75) is 25.7 Å². The summed E-state index contributed by atoms with van der Waals surface area (Å²) in [6.07, 6.45) is 4.41. The number of rotatable bonds is 2. The van der Waals surface area contributed by atoms with Crippen LogP contribution < -0.4 is 5.73 Å². The predicted octanol–water partition coefficient (Wildman–Crippen LogP) is 3.81. The molecule has 1 aliphatic heterocycles. The lowest BCUT2D eigenvalue weighted by atomic mass is 9.89. The highest BCUT2D eigenvalue weighted by molar-refractivity contribution is 5.82. The zero-order valence-corrected chi connectivity index (χ0v) is 12.3. The van der Waals surface area contributed by atoms with Gasteiger partial charge in [-0.3, -0.25) is 0 Å². The Morgan fingerprint density at radius 2 is 1.81 bits per heavy atom. The third kappa shape index (κ3) is 2.24. The van der Waals surface area contributed by atoms with E-state index < -0.39 is 0 Å². The van der Waals surface area contributed by atoms with Crippen LogP contribution in [-0.2, 0) is 17.6 Å². The first-order valence-electron chi connectivity index (χ1n) is 7.89. The highest BCUT2D eigenvalue weighted by atomic mass is 16.5. The van der Waals surface area contributed by atoms with Crippen molar-refractivity contribution in [3.05, 3.63) is 53.1 Å². The molecule has 0 bridgehead atoms. The number of nitrogen functional groups attached to an aromatic ring is 1. The monoisotopic (exact) mass is 279 g/mol. The topological polar surface area (TPSA) is 35.2 Å². The molecule has 0 aromatic heterocycles. The fraction of sp³-hybridized carbons (Fsp3) is 0.368. The Hall–Kier alpha value is -1.80. The van der Waals surface area contributed by atoms with Gasteiger partial charge in [0.2, 0.25) is 0 Å². The van der Waals surface area contributed by atoms with E-state index in [9.17, 15) is 0 Å². The minimum atomic E-state index is 0.725. The molecule has 1 fully saturated rings. The molecule has 2 heteroatoms. The summed E-state index contributed by atoms with van der Waals surface area (Å²) in [5, 5.41) is 0. The molecule has 0 unspecified atom stereocenters. The van der Waals surface area contributed by atoms with Gasteiger partial charge in [0.15, 0.2) is 0 Å². The molecule has 0 radical (unpaired) electrons. The predicted molar refractivity (Wildman–Crippen MR) is 86.3 cm³/mol. The van der Waals surface area contributed by atoms with E-state index in [-0.39, 0.29) is 0 Å². The Morgan fingerprint density at radius 3 is 2.67 bits per heavy atom. The third-order valence-electron chi connectivity index (χ3n) is 4.97. The number of anilines is 1. The van der Waals surface area contributed by atoms with Crippen LogP contribution in [-0.4, -0.2) is 13.2 Å². The molecule has 2 aromatic rings. The first-order valence-corrected chi connectivity index (χ1v) is 7.89. The molecular weight excluding hydrogens is 258 g/mol. The van der Waals surface area contributed by atoms with Gasteiger partial charge in [-0.15, -0.1) is 0 Å². The summed E-state index contributed by atoms with van der Waals surface area (Å²) in [7, 11) is 0. The van der Waals surface area contributed by atoms with Crippen molar-refractivity contribution in [3.8, 4) is 11.1 Å². The molecule has 0 spiro atoms. The summed E-state index contributed by atoms with van der Waals surface area (Å²) in [6.45, 7) is 1.81. The molecule has 2 aromatic carbocycles. The van der Waals surface area contributed by atoms with E-state index in [4.69, 9.17) is 10.5 Å². The van der Waals surface area contributed by atoms with Gasteiger partial charge in [-0.2, -0.15) is 0 Å². The highest BCUT2D eigenvalue weighted by Crippen LogP contribution is 2.41. The molecule has 1 aliphatic carbocycles. The quantitative estimate of drug-likeness (QED) is 0.724. The minimum absolute atomic E-state index is 0.725. The first-order chi connectivity index (χ1) is 10.3. The molecule has 2 N–H and O–H groups in total. The van der Waals surface area contributed by atoms with Crippen LogP contribution in [0.25, 0.3) is 11.1 Å². The van der Waals surface area contributed by atoms with Crippen LogP contribution in [0.15, 0.2) is 36.4 Å². The van der Waals surface area contributed by atoms with Crippen molar-refractivity contribution in [3.63, 3.8) is 0 Å². The first kappa shape index (κ1) is 12.9. The summed E-state index contributed by atoms with van der Waals surface area (Å²) in [6, 6.07) is 13.2. The molecule has 2 nitrogen and oxygen atoms in total. The van der Waals surface area contributed by atoms with Crippen LogP contribution in [0.5, 0.6) is 0 Å². The second kappa shape index (κ2) is 5.19. The Balaban J connectivity index is 1.65. The maximum absolute atomic E-state index is 6.50. The molecule has 0 atom stereocenters. The number of nitrogens with two attached hydrogens (primary N) is 1. The minimum Gasteiger partial charge on any atom is -0.398 e. The van der Waals surface area contributed by atoms with E-state index >= 15 is 0 Å². The van der Waals surface area contributed by atoms with Crippen LogP contribution in [0.2, 0.25) is 0 Å². The van der Waals surface area contributed by atoms with E-state index in [2.05, 4.69) is 36.4 Å². The van der Waals surface area contributed by atoms with Crippen LogP contribution in [0, 0.1) is 5.92 Å². The van der Waals surface area contributed by atoms with Crippen molar-refractivity contribution in [1.29, 1.82) is 0 Å². The third-order valence-corrected chi connectivity index (χ3v) is 4.97. The molecule has 1 heterocycles. The average molecular weight is 279 g/mol. The normalized spacial score (nSPS) is 17.5. The van der Waals surface area contributed by atoms with Gasteiger partial charge in [0.25, 0.3) is 0 Å². The summed E-state index contributed by atoms with van der Waals surface area (Å²) in [4.78, 5) is 0. The number of ether oxygens (including phenoxy) is 1. The van der Waals surface area contributed by atoms with Crippen LogP contribution in [0.4, 0.5) is 5.69 Å². The largest absolute Gasteiger partial charge is 0.398 e. The van der Waals surface area contributed by atoms with E-state index in [0.717, 1.165) is 50.5 Å². The second-order valence-electron chi connectivity index (χ2n) is 6.26. The Labute approximate surface area is 125 Å². The summed E-state index contributed by atoms with van der Waals surface area (Å²) >= 11 is 0. The summed E-state index contributed by atoms with van der Waals surface area (Å²) in [5.74, 6) is 0.725. The van der Waals surface area contributed by atoms with Gasteiger partial charge in [-0.05, 0) is 53.0 Å². The molecule has 2 aliphatic rings. The van der Waals surface area contributed by atoms with Gasteiger partial charge < -0.3 is 10.5 Å². The zero-order valence-electron chi connectivity index (χ0n) is 12.3. The fourth-order valence-corrected chi connectivity index (χ4v) is 3.72. The number of benzene rings is 2. The van der Waals surface area contributed by atoms with Crippen molar-refractivity contribution in [2.75, 3.05) is 18.9 Å². The summed E-state index contributed by atoms with van der Waals surface area (Å²) in [5.41, 5.74) is 14.3. The number of fused-ring (bicyclic) bond motifs is 3. The maximum atomic E-state index is 6.50. The molecule has 0 saturated carbocycles. The van der Waals surface area contributed by atoms with Crippen molar-refractivity contribution < 1.29 is 4.74 Å². The second-order valence-corrected chi connectivity index (χ2v) is 6.26. The van der Waals surface area contributed by atoms with E-state index in [1.54, 1.807) is 0 Å². The van der Waals surface area contributed by atoms with Crippen LogP contribution in [0.1, 0.15) is 29.5 Å². The summed E-state index contributed by atoms with van der Waals surface area (Å²) < 4.78 is 5.45.